The fourth-order valence-electron chi connectivity index (χ4n) is 3.68. The molecule has 0 radical (unpaired) electrons. The number of rotatable bonds is 7. The number of hydrogen-bond acceptors (Lipinski definition) is 6. The Morgan fingerprint density at radius 2 is 1.73 bits per heavy atom. The van der Waals surface area contributed by atoms with Gasteiger partial charge in [-0.3, -0.25) is 14.4 Å². The topological polar surface area (TPSA) is 82.6 Å². The highest BCUT2D eigenvalue weighted by Crippen LogP contribution is 2.27. The number of nitrogens with zero attached hydrogens (tertiary/aromatic N) is 3. The van der Waals surface area contributed by atoms with E-state index in [1.165, 1.54) is 29.8 Å². The molecule has 174 valence electrons. The van der Waals surface area contributed by atoms with Crippen molar-refractivity contribution < 1.29 is 13.2 Å². The first kappa shape index (κ1) is 23.7. The summed E-state index contributed by atoms with van der Waals surface area (Å²) in [6.07, 6.45) is 0.986. The number of aryl methyl sites for hydroxylation is 1. The second kappa shape index (κ2) is 10.2. The van der Waals surface area contributed by atoms with Crippen LogP contribution in [0.5, 0.6) is 0 Å². The second-order valence-electron chi connectivity index (χ2n) is 7.86. The van der Waals surface area contributed by atoms with Crippen molar-refractivity contribution in [2.45, 2.75) is 18.2 Å². The standard InChI is InChI=1S/C23H25ClN4O3S2/c1-17-21(32-23(25-17)26-33(30,31)20-9-7-19(24)8-10-20)22(29)28-15-13-27(14-16-28)12-11-18-5-3-2-4-6-18/h2-10H,11-16H2,1H3,(H,25,26). The molecule has 1 fully saturated rings. The van der Waals surface area contributed by atoms with Gasteiger partial charge in [-0.2, -0.15) is 0 Å². The minimum absolute atomic E-state index is 0.0826. The number of amides is 1. The fraction of sp³-hybridized carbons (Fsp3) is 0.304. The summed E-state index contributed by atoms with van der Waals surface area (Å²) in [5.74, 6) is -0.107. The predicted octanol–water partition coefficient (Wildman–Crippen LogP) is 3.91. The van der Waals surface area contributed by atoms with Crippen molar-refractivity contribution in [2.75, 3.05) is 37.4 Å². The molecular weight excluding hydrogens is 480 g/mol. The van der Waals surface area contributed by atoms with Crippen LogP contribution in [0, 0.1) is 6.92 Å². The average molecular weight is 505 g/mol. The van der Waals surface area contributed by atoms with E-state index in [1.54, 1.807) is 6.92 Å². The summed E-state index contributed by atoms with van der Waals surface area (Å²) in [6, 6.07) is 16.2. The van der Waals surface area contributed by atoms with E-state index in [1.807, 2.05) is 23.1 Å². The molecule has 33 heavy (non-hydrogen) atoms. The molecule has 2 heterocycles. The molecule has 7 nitrogen and oxygen atoms in total. The number of nitrogens with one attached hydrogen (secondary N) is 1. The van der Waals surface area contributed by atoms with Crippen LogP contribution in [0.2, 0.25) is 5.02 Å². The molecule has 1 saturated heterocycles. The summed E-state index contributed by atoms with van der Waals surface area (Å²) in [4.78, 5) is 22.1. The molecule has 10 heteroatoms. The summed E-state index contributed by atoms with van der Waals surface area (Å²) >= 11 is 6.90. The first-order chi connectivity index (χ1) is 15.8. The molecular formula is C23H25ClN4O3S2. The Balaban J connectivity index is 1.35. The molecule has 1 aliphatic heterocycles. The molecule has 4 rings (SSSR count). The van der Waals surface area contributed by atoms with Gasteiger partial charge < -0.3 is 4.90 Å². The molecule has 0 spiro atoms. The van der Waals surface area contributed by atoms with Gasteiger partial charge in [0, 0.05) is 37.7 Å². The number of halogens is 1. The van der Waals surface area contributed by atoms with E-state index >= 15 is 0 Å². The lowest BCUT2D eigenvalue weighted by molar-refractivity contribution is 0.0642. The van der Waals surface area contributed by atoms with Crippen LogP contribution in [0.1, 0.15) is 20.9 Å². The maximum Gasteiger partial charge on any atom is 0.266 e. The smallest absolute Gasteiger partial charge is 0.266 e. The van der Waals surface area contributed by atoms with Gasteiger partial charge in [-0.05, 0) is 43.2 Å². The lowest BCUT2D eigenvalue weighted by atomic mass is 10.1. The minimum atomic E-state index is -3.81. The van der Waals surface area contributed by atoms with Crippen molar-refractivity contribution >= 4 is 44.0 Å². The van der Waals surface area contributed by atoms with Crippen molar-refractivity contribution in [1.29, 1.82) is 0 Å². The Kier molecular flexibility index (Phi) is 7.33. The number of benzene rings is 2. The molecule has 1 amide bonds. The highest BCUT2D eigenvalue weighted by Gasteiger charge is 2.26. The number of anilines is 1. The Hall–Kier alpha value is -2.46. The summed E-state index contributed by atoms with van der Waals surface area (Å²) in [6.45, 7) is 5.58. The van der Waals surface area contributed by atoms with Gasteiger partial charge in [0.2, 0.25) is 0 Å². The van der Waals surface area contributed by atoms with Crippen LogP contribution in [0.25, 0.3) is 0 Å². The zero-order valence-corrected chi connectivity index (χ0v) is 20.6. The Morgan fingerprint density at radius 1 is 1.06 bits per heavy atom. The van der Waals surface area contributed by atoms with Gasteiger partial charge >= 0.3 is 0 Å². The normalized spacial score (nSPS) is 14.9. The number of sulfonamides is 1. The largest absolute Gasteiger partial charge is 0.335 e. The molecule has 1 aliphatic rings. The Bertz CT molecular complexity index is 1210. The van der Waals surface area contributed by atoms with Crippen LogP contribution in [0.3, 0.4) is 0 Å². The number of carbonyl (C=O) groups excluding carboxylic acids is 1. The first-order valence-electron chi connectivity index (χ1n) is 10.6. The zero-order valence-electron chi connectivity index (χ0n) is 18.2. The monoisotopic (exact) mass is 504 g/mol. The van der Waals surface area contributed by atoms with E-state index in [9.17, 15) is 13.2 Å². The maximum absolute atomic E-state index is 13.1. The minimum Gasteiger partial charge on any atom is -0.335 e. The van der Waals surface area contributed by atoms with Crippen molar-refractivity contribution in [2.24, 2.45) is 0 Å². The third-order valence-corrected chi connectivity index (χ3v) is 8.35. The molecule has 0 atom stereocenters. The number of thiazole rings is 1. The summed E-state index contributed by atoms with van der Waals surface area (Å²) in [5.41, 5.74) is 1.83. The summed E-state index contributed by atoms with van der Waals surface area (Å²) in [7, 11) is -3.81. The van der Waals surface area contributed by atoms with E-state index in [0.29, 0.717) is 28.7 Å². The summed E-state index contributed by atoms with van der Waals surface area (Å²) in [5, 5.41) is 0.624. The van der Waals surface area contributed by atoms with Gasteiger partial charge in [0.15, 0.2) is 5.13 Å². The predicted molar refractivity (Wildman–Crippen MR) is 132 cm³/mol. The highest BCUT2D eigenvalue weighted by molar-refractivity contribution is 7.93. The molecule has 0 bridgehead atoms. The van der Waals surface area contributed by atoms with Crippen LogP contribution in [0.15, 0.2) is 59.5 Å². The van der Waals surface area contributed by atoms with Crippen molar-refractivity contribution in [3.63, 3.8) is 0 Å². The average Bonchev–Trinajstić information content (AvgIpc) is 3.17. The van der Waals surface area contributed by atoms with E-state index in [4.69, 9.17) is 11.6 Å². The molecule has 1 N–H and O–H groups in total. The number of carbonyl (C=O) groups is 1. The van der Waals surface area contributed by atoms with E-state index in [0.717, 1.165) is 37.4 Å². The van der Waals surface area contributed by atoms with Crippen LogP contribution in [-0.2, 0) is 16.4 Å². The van der Waals surface area contributed by atoms with Gasteiger partial charge in [0.1, 0.15) is 4.88 Å². The van der Waals surface area contributed by atoms with Crippen molar-refractivity contribution in [3.05, 3.63) is 75.8 Å². The van der Waals surface area contributed by atoms with Crippen LogP contribution >= 0.6 is 22.9 Å². The molecule has 2 aromatic carbocycles. The SMILES string of the molecule is Cc1nc(NS(=O)(=O)c2ccc(Cl)cc2)sc1C(=O)N1CCN(CCc2ccccc2)CC1. The first-order valence-corrected chi connectivity index (χ1v) is 13.3. The van der Waals surface area contributed by atoms with Crippen LogP contribution in [-0.4, -0.2) is 61.8 Å². The van der Waals surface area contributed by atoms with Gasteiger partial charge in [-0.1, -0.05) is 53.3 Å². The molecule has 0 aliphatic carbocycles. The van der Waals surface area contributed by atoms with E-state index in [-0.39, 0.29) is 15.9 Å². The van der Waals surface area contributed by atoms with Gasteiger partial charge in [-0.15, -0.1) is 0 Å². The number of aromatic nitrogens is 1. The quantitative estimate of drug-likeness (QED) is 0.527. The van der Waals surface area contributed by atoms with Crippen LogP contribution < -0.4 is 4.72 Å². The number of hydrogen-bond donors (Lipinski definition) is 1. The molecule has 0 saturated carbocycles. The highest BCUT2D eigenvalue weighted by atomic mass is 35.5. The third kappa shape index (κ3) is 5.92. The third-order valence-electron chi connectivity index (χ3n) is 5.56. The lowest BCUT2D eigenvalue weighted by Crippen LogP contribution is -2.49. The fourth-order valence-corrected chi connectivity index (χ4v) is 5.97. The van der Waals surface area contributed by atoms with Crippen molar-refractivity contribution in [1.82, 2.24) is 14.8 Å². The molecule has 3 aromatic rings. The second-order valence-corrected chi connectivity index (χ2v) is 11.0. The maximum atomic E-state index is 13.1. The van der Waals surface area contributed by atoms with Crippen LogP contribution in [0.4, 0.5) is 5.13 Å². The van der Waals surface area contributed by atoms with Crippen molar-refractivity contribution in [3.8, 4) is 0 Å². The Labute approximate surface area is 203 Å². The molecule has 0 unspecified atom stereocenters. The van der Waals surface area contributed by atoms with Gasteiger partial charge in [-0.25, -0.2) is 13.4 Å². The van der Waals surface area contributed by atoms with Gasteiger partial charge in [0.25, 0.3) is 15.9 Å². The Morgan fingerprint density at radius 3 is 2.39 bits per heavy atom. The molecule has 1 aromatic heterocycles. The number of piperazine rings is 1. The van der Waals surface area contributed by atoms with E-state index in [2.05, 4.69) is 26.7 Å². The summed E-state index contributed by atoms with van der Waals surface area (Å²) < 4.78 is 27.7. The zero-order chi connectivity index (χ0) is 23.4. The van der Waals surface area contributed by atoms with Gasteiger partial charge in [0.05, 0.1) is 10.6 Å². The van der Waals surface area contributed by atoms with E-state index < -0.39 is 10.0 Å². The lowest BCUT2D eigenvalue weighted by Gasteiger charge is -2.34.